The van der Waals surface area contributed by atoms with Crippen LogP contribution in [0.25, 0.3) is 0 Å². The van der Waals surface area contributed by atoms with E-state index in [1.807, 2.05) is 27.7 Å². The van der Waals surface area contributed by atoms with E-state index in [2.05, 4.69) is 27.7 Å². The molecule has 0 aliphatic heterocycles. The Morgan fingerprint density at radius 1 is 0.208 bits per heavy atom. The van der Waals surface area contributed by atoms with E-state index < -0.39 is 0 Å². The molecule has 0 aromatic carbocycles. The Labute approximate surface area is 499 Å². The van der Waals surface area contributed by atoms with Crippen LogP contribution >= 0.6 is 0 Å². The number of rotatable bonds is 60. The molecule has 8 nitrogen and oxygen atoms in total. The summed E-state index contributed by atoms with van der Waals surface area (Å²) in [6.45, 7) is 22.7. The zero-order valence-electron chi connectivity index (χ0n) is 53.7. The molecule has 0 amide bonds. The topological polar surface area (TPSA) is 129 Å². The van der Waals surface area contributed by atoms with E-state index in [1.165, 1.54) is 257 Å². The van der Waals surface area contributed by atoms with Gasteiger partial charge in [0.2, 0.25) is 0 Å². The second-order valence-electron chi connectivity index (χ2n) is 23.5. The van der Waals surface area contributed by atoms with Crippen LogP contribution in [0.3, 0.4) is 0 Å². The van der Waals surface area contributed by atoms with Gasteiger partial charge in [-0.3, -0.25) is 0 Å². The van der Waals surface area contributed by atoms with Crippen LogP contribution < -0.4 is 20.4 Å². The molecule has 0 spiro atoms. The standard InChI is InChI=1S/4C17H35O2.Ti/c4*1-3-4-5-6-7-8-9-10-11-12-13-14-19-16-17(2)15-18;/h4*17H,3-16H2,1-2H3;/q4*-1;+4. The van der Waals surface area contributed by atoms with Gasteiger partial charge in [0.1, 0.15) is 0 Å². The molecule has 0 N–H and O–H groups in total. The first kappa shape index (κ1) is 86.2. The fourth-order valence-electron chi connectivity index (χ4n) is 8.80. The molecule has 0 saturated carbocycles. The van der Waals surface area contributed by atoms with Gasteiger partial charge in [-0.2, -0.15) is 0 Å². The van der Waals surface area contributed by atoms with E-state index in [4.69, 9.17) is 18.9 Å². The normalized spacial score (nSPS) is 12.6. The van der Waals surface area contributed by atoms with Gasteiger partial charge in [-0.1, -0.05) is 312 Å². The third-order valence-electron chi connectivity index (χ3n) is 14.3. The summed E-state index contributed by atoms with van der Waals surface area (Å²) in [7, 11) is 0. The van der Waals surface area contributed by atoms with Crippen LogP contribution in [-0.2, 0) is 40.7 Å². The summed E-state index contributed by atoms with van der Waals surface area (Å²) in [5, 5.41) is 42.0. The fourth-order valence-corrected chi connectivity index (χ4v) is 8.80. The van der Waals surface area contributed by atoms with Crippen molar-refractivity contribution in [1.29, 1.82) is 0 Å². The molecule has 0 fully saturated rings. The van der Waals surface area contributed by atoms with Crippen LogP contribution in [0, 0.1) is 23.7 Å². The largest absolute Gasteiger partial charge is 4.00 e. The van der Waals surface area contributed by atoms with Crippen molar-refractivity contribution in [1.82, 2.24) is 0 Å². The number of unbranched alkanes of at least 4 members (excludes halogenated alkanes) is 40. The van der Waals surface area contributed by atoms with Gasteiger partial charge in [0.05, 0.1) is 0 Å². The molecular formula is C68H140O8Ti. The molecule has 0 heterocycles. The molecular weight excluding hydrogens is 993 g/mol. The average molecular weight is 1130 g/mol. The zero-order valence-corrected chi connectivity index (χ0v) is 55.2. The Kier molecular flexibility index (Phi) is 92.7. The van der Waals surface area contributed by atoms with Crippen molar-refractivity contribution in [3.8, 4) is 0 Å². The first-order valence-corrected chi connectivity index (χ1v) is 33.9. The molecule has 0 aliphatic carbocycles. The Morgan fingerprint density at radius 3 is 0.442 bits per heavy atom. The van der Waals surface area contributed by atoms with Crippen LogP contribution in [0.15, 0.2) is 0 Å². The Morgan fingerprint density at radius 2 is 0.325 bits per heavy atom. The number of ether oxygens (including phenoxy) is 4. The third-order valence-corrected chi connectivity index (χ3v) is 14.3. The van der Waals surface area contributed by atoms with Crippen molar-refractivity contribution in [2.24, 2.45) is 23.7 Å². The molecule has 0 bridgehead atoms. The second kappa shape index (κ2) is 82.9. The summed E-state index contributed by atoms with van der Waals surface area (Å²) >= 11 is 0. The van der Waals surface area contributed by atoms with Gasteiger partial charge < -0.3 is 39.4 Å². The van der Waals surface area contributed by atoms with Gasteiger partial charge in [-0.05, 0) is 49.4 Å². The van der Waals surface area contributed by atoms with Crippen molar-refractivity contribution in [3.05, 3.63) is 0 Å². The first-order chi connectivity index (χ1) is 37.2. The van der Waals surface area contributed by atoms with Crippen LogP contribution in [-0.4, -0.2) is 79.3 Å². The van der Waals surface area contributed by atoms with E-state index in [0.29, 0.717) is 26.4 Å². The monoisotopic (exact) mass is 1130 g/mol. The first-order valence-electron chi connectivity index (χ1n) is 33.9. The molecule has 0 aromatic rings. The summed E-state index contributed by atoms with van der Waals surface area (Å²) in [5.41, 5.74) is 0. The second-order valence-corrected chi connectivity index (χ2v) is 23.5. The van der Waals surface area contributed by atoms with Gasteiger partial charge in [-0.25, -0.2) is 0 Å². The number of hydrogen-bond acceptors (Lipinski definition) is 8. The van der Waals surface area contributed by atoms with Crippen molar-refractivity contribution in [2.45, 2.75) is 338 Å². The molecule has 0 aliphatic rings. The molecule has 0 saturated heterocycles. The predicted molar refractivity (Wildman–Crippen MR) is 325 cm³/mol. The van der Waals surface area contributed by atoms with Crippen molar-refractivity contribution >= 4 is 0 Å². The quantitative estimate of drug-likeness (QED) is 0.0435. The molecule has 0 radical (unpaired) electrons. The summed E-state index contributed by atoms with van der Waals surface area (Å²) in [5.74, 6) is 0.695. The summed E-state index contributed by atoms with van der Waals surface area (Å²) in [6, 6.07) is 0. The van der Waals surface area contributed by atoms with Crippen molar-refractivity contribution in [2.75, 3.05) is 79.3 Å². The van der Waals surface area contributed by atoms with Crippen molar-refractivity contribution in [3.63, 3.8) is 0 Å². The van der Waals surface area contributed by atoms with E-state index in [-0.39, 0.29) is 71.8 Å². The van der Waals surface area contributed by atoms with Crippen LogP contribution in [0.5, 0.6) is 0 Å². The number of hydrogen-bond donors (Lipinski definition) is 0. The van der Waals surface area contributed by atoms with Gasteiger partial charge >= 0.3 is 21.7 Å². The molecule has 77 heavy (non-hydrogen) atoms. The average Bonchev–Trinajstić information content (AvgIpc) is 3.43. The summed E-state index contributed by atoms with van der Waals surface area (Å²) < 4.78 is 21.9. The predicted octanol–water partition coefficient (Wildman–Crippen LogP) is 17.2. The van der Waals surface area contributed by atoms with Gasteiger partial charge in [0.15, 0.2) is 0 Å². The molecule has 4 atom stereocenters. The SMILES string of the molecule is CCCCCCCCCCCCCOCC(C)C[O-].CCCCCCCCCCCCCOCC(C)C[O-].CCCCCCCCCCCCCOCC(C)C[O-].CCCCCCCCCCCCCOCC(C)C[O-].[Ti+4]. The maximum absolute atomic E-state index is 10.5. The van der Waals surface area contributed by atoms with E-state index in [9.17, 15) is 20.4 Å². The molecule has 4 unspecified atom stereocenters. The minimum absolute atomic E-state index is 0. The van der Waals surface area contributed by atoms with Gasteiger partial charge in [0.25, 0.3) is 0 Å². The minimum atomic E-state index is -0.0156. The maximum Gasteiger partial charge on any atom is 4.00 e. The Hall–Kier alpha value is 0.394. The van der Waals surface area contributed by atoms with Gasteiger partial charge in [-0.15, -0.1) is 26.4 Å². The Balaban J connectivity index is -0.000000298. The van der Waals surface area contributed by atoms with Crippen LogP contribution in [0.1, 0.15) is 338 Å². The van der Waals surface area contributed by atoms with E-state index in [1.54, 1.807) is 0 Å². The van der Waals surface area contributed by atoms with Crippen molar-refractivity contribution < 1.29 is 61.1 Å². The van der Waals surface area contributed by atoms with Crippen LogP contribution in [0.2, 0.25) is 0 Å². The Bertz CT molecular complexity index is 789. The summed E-state index contributed by atoms with van der Waals surface area (Å²) in [6.07, 6.45) is 60.0. The maximum atomic E-state index is 10.5. The van der Waals surface area contributed by atoms with Crippen LogP contribution in [0.4, 0.5) is 0 Å². The third kappa shape index (κ3) is 90.4. The zero-order chi connectivity index (χ0) is 56.7. The smallest absolute Gasteiger partial charge is 0.854 e. The minimum Gasteiger partial charge on any atom is -0.854 e. The van der Waals surface area contributed by atoms with Gasteiger partial charge in [0, 0.05) is 52.9 Å². The summed E-state index contributed by atoms with van der Waals surface area (Å²) in [4.78, 5) is 0. The molecule has 0 aromatic heterocycles. The molecule has 9 heteroatoms. The fraction of sp³-hybridized carbons (Fsp3) is 1.00. The molecule has 0 rings (SSSR count). The van der Waals surface area contributed by atoms with E-state index in [0.717, 1.165) is 52.1 Å². The molecule has 464 valence electrons. The van der Waals surface area contributed by atoms with E-state index >= 15 is 0 Å².